The standard InChI is InChI=1S/C50H36N2S/c1-5-16-37(17-6-1)51(38-18-7-2-8-19-38)41-29-31-46-49(34-41)53-48-27-15-26-43(50(46)48)35-28-30-42-36(32-35)33-47(45-25-14-13-24-44(42)45)52(39-20-9-3-10-21-39)40-22-11-4-12-23-40/h1-7,9-18,20-34H,8,19H2. The van der Waals surface area contributed by atoms with E-state index in [1.54, 1.807) is 0 Å². The molecule has 1 aliphatic carbocycles. The first-order chi connectivity index (χ1) is 26.3. The van der Waals surface area contributed by atoms with Crippen LogP contribution < -0.4 is 9.80 Å². The fourth-order valence-corrected chi connectivity index (χ4v) is 9.22. The number of fused-ring (bicyclic) bond motifs is 6. The van der Waals surface area contributed by atoms with E-state index in [1.807, 2.05) is 11.3 Å². The second-order valence-electron chi connectivity index (χ2n) is 13.6. The Morgan fingerprint density at radius 1 is 0.453 bits per heavy atom. The Morgan fingerprint density at radius 3 is 1.81 bits per heavy atom. The molecule has 3 heteroatoms. The third kappa shape index (κ3) is 5.58. The van der Waals surface area contributed by atoms with E-state index in [9.17, 15) is 0 Å². The SMILES string of the molecule is C1=CCCC(N(c2ccccc2)c2ccc3c(c2)sc2cccc(-c4ccc5c(c4)cc(N(c4ccccc4)c4ccccc4)c4ccccc45)c23)=C1. The van der Waals surface area contributed by atoms with Crippen molar-refractivity contribution in [2.24, 2.45) is 0 Å². The molecule has 0 radical (unpaired) electrons. The molecule has 0 bridgehead atoms. The maximum absolute atomic E-state index is 2.42. The van der Waals surface area contributed by atoms with E-state index in [-0.39, 0.29) is 0 Å². The van der Waals surface area contributed by atoms with E-state index >= 15 is 0 Å². The molecule has 0 atom stereocenters. The summed E-state index contributed by atoms with van der Waals surface area (Å²) in [4.78, 5) is 4.81. The molecule has 0 saturated carbocycles. The van der Waals surface area contributed by atoms with E-state index in [4.69, 9.17) is 0 Å². The van der Waals surface area contributed by atoms with Gasteiger partial charge in [-0.3, -0.25) is 0 Å². The van der Waals surface area contributed by atoms with Crippen molar-refractivity contribution in [2.75, 3.05) is 9.80 Å². The fourth-order valence-electron chi connectivity index (χ4n) is 8.06. The van der Waals surface area contributed by atoms with Crippen molar-refractivity contribution in [3.05, 3.63) is 200 Å². The predicted molar refractivity (Wildman–Crippen MR) is 229 cm³/mol. The maximum Gasteiger partial charge on any atom is 0.0546 e. The summed E-state index contributed by atoms with van der Waals surface area (Å²) in [7, 11) is 0. The number of anilines is 5. The number of hydrogen-bond acceptors (Lipinski definition) is 3. The molecule has 0 spiro atoms. The summed E-state index contributed by atoms with van der Waals surface area (Å²) in [5, 5.41) is 7.58. The summed E-state index contributed by atoms with van der Waals surface area (Å²) in [6, 6.07) is 64.2. The van der Waals surface area contributed by atoms with Crippen molar-refractivity contribution in [2.45, 2.75) is 12.8 Å². The third-order valence-corrected chi connectivity index (χ3v) is 11.6. The monoisotopic (exact) mass is 696 g/mol. The summed E-state index contributed by atoms with van der Waals surface area (Å²) in [5.41, 5.74) is 9.64. The zero-order valence-electron chi connectivity index (χ0n) is 29.2. The van der Waals surface area contributed by atoms with Crippen molar-refractivity contribution in [3.8, 4) is 11.1 Å². The molecule has 1 aliphatic rings. The highest BCUT2D eigenvalue weighted by molar-refractivity contribution is 7.26. The van der Waals surface area contributed by atoms with Crippen LogP contribution in [0, 0.1) is 0 Å². The molecule has 0 amide bonds. The molecule has 8 aromatic carbocycles. The lowest BCUT2D eigenvalue weighted by Crippen LogP contribution is -2.17. The van der Waals surface area contributed by atoms with E-state index < -0.39 is 0 Å². The van der Waals surface area contributed by atoms with Crippen LogP contribution in [0.1, 0.15) is 12.8 Å². The van der Waals surface area contributed by atoms with Gasteiger partial charge in [0.2, 0.25) is 0 Å². The van der Waals surface area contributed by atoms with Gasteiger partial charge in [0.15, 0.2) is 0 Å². The van der Waals surface area contributed by atoms with Crippen LogP contribution in [0.4, 0.5) is 28.4 Å². The Labute approximate surface area is 313 Å². The predicted octanol–water partition coefficient (Wildman–Crippen LogP) is 14.9. The van der Waals surface area contributed by atoms with Crippen LogP contribution in [-0.2, 0) is 0 Å². The van der Waals surface area contributed by atoms with Gasteiger partial charge in [0.25, 0.3) is 0 Å². The molecule has 1 heterocycles. The Balaban J connectivity index is 1.14. The van der Waals surface area contributed by atoms with Gasteiger partial charge in [-0.25, -0.2) is 0 Å². The maximum atomic E-state index is 2.42. The Bertz CT molecular complexity index is 2790. The highest BCUT2D eigenvalue weighted by Gasteiger charge is 2.20. The number of benzene rings is 8. The first-order valence-corrected chi connectivity index (χ1v) is 19.1. The molecule has 0 saturated heterocycles. The van der Waals surface area contributed by atoms with Crippen molar-refractivity contribution >= 4 is 81.5 Å². The molecule has 0 N–H and O–H groups in total. The quantitative estimate of drug-likeness (QED) is 0.153. The van der Waals surface area contributed by atoms with Gasteiger partial charge in [-0.05, 0) is 113 Å². The zero-order valence-corrected chi connectivity index (χ0v) is 30.0. The molecule has 0 unspecified atom stereocenters. The second-order valence-corrected chi connectivity index (χ2v) is 14.7. The molecule has 53 heavy (non-hydrogen) atoms. The van der Waals surface area contributed by atoms with Crippen LogP contribution in [0.3, 0.4) is 0 Å². The molecule has 10 rings (SSSR count). The Kier molecular flexibility index (Phi) is 7.85. The van der Waals surface area contributed by atoms with E-state index in [0.717, 1.165) is 24.2 Å². The lowest BCUT2D eigenvalue weighted by atomic mass is 9.94. The van der Waals surface area contributed by atoms with Crippen molar-refractivity contribution in [3.63, 3.8) is 0 Å². The summed E-state index contributed by atoms with van der Waals surface area (Å²) in [5.74, 6) is 0. The number of thiophene rings is 1. The van der Waals surface area contributed by atoms with Crippen molar-refractivity contribution < 1.29 is 0 Å². The largest absolute Gasteiger partial charge is 0.314 e. The van der Waals surface area contributed by atoms with Crippen LogP contribution in [-0.4, -0.2) is 0 Å². The first kappa shape index (κ1) is 31.3. The topological polar surface area (TPSA) is 6.48 Å². The fraction of sp³-hybridized carbons (Fsp3) is 0.0400. The smallest absolute Gasteiger partial charge is 0.0546 e. The van der Waals surface area contributed by atoms with E-state index in [2.05, 4.69) is 204 Å². The van der Waals surface area contributed by atoms with Gasteiger partial charge in [-0.2, -0.15) is 0 Å². The summed E-state index contributed by atoms with van der Waals surface area (Å²) in [6.07, 6.45) is 8.78. The number of para-hydroxylation sites is 3. The lowest BCUT2D eigenvalue weighted by molar-refractivity contribution is 0.918. The Morgan fingerprint density at radius 2 is 1.11 bits per heavy atom. The van der Waals surface area contributed by atoms with Crippen LogP contribution >= 0.6 is 11.3 Å². The van der Waals surface area contributed by atoms with Crippen LogP contribution in [0.15, 0.2) is 200 Å². The highest BCUT2D eigenvalue weighted by atomic mass is 32.1. The van der Waals surface area contributed by atoms with Crippen molar-refractivity contribution in [1.29, 1.82) is 0 Å². The number of nitrogens with zero attached hydrogens (tertiary/aromatic N) is 2. The highest BCUT2D eigenvalue weighted by Crippen LogP contribution is 2.46. The molecule has 1 aromatic heterocycles. The molecule has 252 valence electrons. The van der Waals surface area contributed by atoms with Gasteiger partial charge < -0.3 is 9.80 Å². The normalized spacial score (nSPS) is 12.8. The van der Waals surface area contributed by atoms with Crippen LogP contribution in [0.25, 0.3) is 52.8 Å². The molecule has 0 aliphatic heterocycles. The molecule has 2 nitrogen and oxygen atoms in total. The molecule has 9 aromatic rings. The Hall–Kier alpha value is -6.42. The van der Waals surface area contributed by atoms with Gasteiger partial charge in [-0.1, -0.05) is 121 Å². The van der Waals surface area contributed by atoms with Crippen LogP contribution in [0.5, 0.6) is 0 Å². The average molecular weight is 697 g/mol. The minimum atomic E-state index is 1.02. The zero-order chi connectivity index (χ0) is 35.1. The minimum absolute atomic E-state index is 1.02. The van der Waals surface area contributed by atoms with Crippen LogP contribution in [0.2, 0.25) is 0 Å². The van der Waals surface area contributed by atoms with E-state index in [1.165, 1.54) is 75.6 Å². The summed E-state index contributed by atoms with van der Waals surface area (Å²) in [6.45, 7) is 0. The van der Waals surface area contributed by atoms with Gasteiger partial charge in [0.05, 0.1) is 5.69 Å². The number of rotatable bonds is 7. The summed E-state index contributed by atoms with van der Waals surface area (Å²) >= 11 is 1.88. The summed E-state index contributed by atoms with van der Waals surface area (Å²) < 4.78 is 2.60. The van der Waals surface area contributed by atoms with Crippen molar-refractivity contribution in [1.82, 2.24) is 0 Å². The van der Waals surface area contributed by atoms with Gasteiger partial charge >= 0.3 is 0 Å². The lowest BCUT2D eigenvalue weighted by Gasteiger charge is -2.29. The number of allylic oxidation sites excluding steroid dienone is 4. The second kappa shape index (κ2) is 13.3. The number of hydrogen-bond donors (Lipinski definition) is 0. The minimum Gasteiger partial charge on any atom is -0.314 e. The average Bonchev–Trinajstić information content (AvgIpc) is 3.61. The molecular formula is C50H36N2S. The first-order valence-electron chi connectivity index (χ1n) is 18.3. The van der Waals surface area contributed by atoms with Gasteiger partial charge in [0, 0.05) is 54.0 Å². The third-order valence-electron chi connectivity index (χ3n) is 10.4. The molecule has 0 fully saturated rings. The van der Waals surface area contributed by atoms with E-state index in [0.29, 0.717) is 0 Å². The van der Waals surface area contributed by atoms with Gasteiger partial charge in [0.1, 0.15) is 0 Å². The van der Waals surface area contributed by atoms with Gasteiger partial charge in [-0.15, -0.1) is 11.3 Å². The molecular weight excluding hydrogens is 661 g/mol.